The van der Waals surface area contributed by atoms with Gasteiger partial charge in [-0.15, -0.1) is 0 Å². The Hall–Kier alpha value is -2.24. The molecular formula is C19H19F3O3. The van der Waals surface area contributed by atoms with Gasteiger partial charge in [0.25, 0.3) is 0 Å². The Kier molecular flexibility index (Phi) is 4.88. The molecule has 1 saturated carbocycles. The van der Waals surface area contributed by atoms with E-state index in [9.17, 15) is 18.0 Å². The SMILES string of the molecule is COC(=O)c1cccc2cc(O[C@H]3CC[C@@H](C(F)(F)F)CC3)ccc12. The Balaban J connectivity index is 1.72. The lowest BCUT2D eigenvalue weighted by Crippen LogP contribution is -2.31. The molecule has 0 aromatic heterocycles. The molecule has 0 radical (unpaired) electrons. The summed E-state index contributed by atoms with van der Waals surface area (Å²) in [6.07, 6.45) is -3.32. The second-order valence-electron chi connectivity index (χ2n) is 6.31. The molecule has 0 heterocycles. The quantitative estimate of drug-likeness (QED) is 0.719. The molecule has 0 saturated heterocycles. The topological polar surface area (TPSA) is 35.5 Å². The van der Waals surface area contributed by atoms with Crippen LogP contribution in [0.15, 0.2) is 36.4 Å². The highest BCUT2D eigenvalue weighted by molar-refractivity contribution is 6.04. The lowest BCUT2D eigenvalue weighted by molar-refractivity contribution is -0.185. The van der Waals surface area contributed by atoms with Crippen LogP contribution in [0.25, 0.3) is 10.8 Å². The Labute approximate surface area is 143 Å². The molecule has 0 N–H and O–H groups in total. The highest BCUT2D eigenvalue weighted by Crippen LogP contribution is 2.38. The first-order valence-corrected chi connectivity index (χ1v) is 8.23. The highest BCUT2D eigenvalue weighted by Gasteiger charge is 2.41. The van der Waals surface area contributed by atoms with E-state index < -0.39 is 18.1 Å². The van der Waals surface area contributed by atoms with Gasteiger partial charge in [0.1, 0.15) is 5.75 Å². The smallest absolute Gasteiger partial charge is 0.391 e. The zero-order valence-electron chi connectivity index (χ0n) is 13.8. The first-order chi connectivity index (χ1) is 11.9. The Bertz CT molecular complexity index is 762. The predicted octanol–water partition coefficient (Wildman–Crippen LogP) is 5.13. The number of hydrogen-bond acceptors (Lipinski definition) is 3. The molecule has 2 aromatic carbocycles. The van der Waals surface area contributed by atoms with E-state index in [-0.39, 0.29) is 18.9 Å². The average molecular weight is 352 g/mol. The molecule has 1 aliphatic rings. The number of fused-ring (bicyclic) bond motifs is 1. The van der Waals surface area contributed by atoms with Crippen molar-refractivity contribution in [3.63, 3.8) is 0 Å². The third-order valence-electron chi connectivity index (χ3n) is 4.70. The van der Waals surface area contributed by atoms with E-state index in [2.05, 4.69) is 0 Å². The first-order valence-electron chi connectivity index (χ1n) is 8.23. The number of ether oxygens (including phenoxy) is 2. The van der Waals surface area contributed by atoms with Crippen LogP contribution in [0.1, 0.15) is 36.0 Å². The van der Waals surface area contributed by atoms with Gasteiger partial charge in [-0.3, -0.25) is 0 Å². The van der Waals surface area contributed by atoms with Gasteiger partial charge in [0.15, 0.2) is 0 Å². The van der Waals surface area contributed by atoms with Crippen molar-refractivity contribution in [2.75, 3.05) is 7.11 Å². The summed E-state index contributed by atoms with van der Waals surface area (Å²) in [6.45, 7) is 0. The van der Waals surface area contributed by atoms with Crippen LogP contribution in [-0.4, -0.2) is 25.4 Å². The largest absolute Gasteiger partial charge is 0.490 e. The van der Waals surface area contributed by atoms with Gasteiger partial charge in [-0.1, -0.05) is 12.1 Å². The Morgan fingerprint density at radius 1 is 1.08 bits per heavy atom. The lowest BCUT2D eigenvalue weighted by atomic mass is 9.87. The number of hydrogen-bond donors (Lipinski definition) is 0. The van der Waals surface area contributed by atoms with Crippen molar-refractivity contribution in [2.45, 2.75) is 38.0 Å². The second kappa shape index (κ2) is 6.94. The molecule has 6 heteroatoms. The maximum Gasteiger partial charge on any atom is 0.391 e. The van der Waals surface area contributed by atoms with Gasteiger partial charge in [-0.25, -0.2) is 4.79 Å². The van der Waals surface area contributed by atoms with Crippen LogP contribution < -0.4 is 4.74 Å². The fourth-order valence-corrected chi connectivity index (χ4v) is 3.32. The fraction of sp³-hybridized carbons (Fsp3) is 0.421. The molecule has 0 atom stereocenters. The number of methoxy groups -OCH3 is 1. The lowest BCUT2D eigenvalue weighted by Gasteiger charge is -2.30. The molecule has 1 fully saturated rings. The summed E-state index contributed by atoms with van der Waals surface area (Å²) < 4.78 is 48.8. The van der Waals surface area contributed by atoms with E-state index in [0.29, 0.717) is 24.2 Å². The summed E-state index contributed by atoms with van der Waals surface area (Å²) in [6, 6.07) is 10.6. The standard InChI is InChI=1S/C19H19F3O3/c1-24-18(23)17-4-2-3-12-11-15(9-10-16(12)17)25-14-7-5-13(6-8-14)19(20,21)22/h2-4,9-11,13-14H,5-8H2,1H3/t13-,14+. The van der Waals surface area contributed by atoms with Crippen molar-refractivity contribution in [2.24, 2.45) is 5.92 Å². The maximum absolute atomic E-state index is 12.7. The number of esters is 1. The molecule has 1 aliphatic carbocycles. The van der Waals surface area contributed by atoms with Crippen molar-refractivity contribution in [1.29, 1.82) is 0 Å². The first kappa shape index (κ1) is 17.6. The molecule has 0 bridgehead atoms. The van der Waals surface area contributed by atoms with Crippen molar-refractivity contribution in [3.8, 4) is 5.75 Å². The fourth-order valence-electron chi connectivity index (χ4n) is 3.32. The van der Waals surface area contributed by atoms with E-state index >= 15 is 0 Å². The summed E-state index contributed by atoms with van der Waals surface area (Å²) in [7, 11) is 1.33. The summed E-state index contributed by atoms with van der Waals surface area (Å²) in [4.78, 5) is 11.8. The van der Waals surface area contributed by atoms with Gasteiger partial charge >= 0.3 is 12.1 Å². The molecule has 3 nitrogen and oxygen atoms in total. The van der Waals surface area contributed by atoms with Gasteiger partial charge in [-0.05, 0) is 60.7 Å². The average Bonchev–Trinajstić information content (AvgIpc) is 2.60. The molecule has 25 heavy (non-hydrogen) atoms. The normalized spacial score (nSPS) is 21.1. The van der Waals surface area contributed by atoms with Gasteiger partial charge < -0.3 is 9.47 Å². The van der Waals surface area contributed by atoms with E-state index in [4.69, 9.17) is 9.47 Å². The van der Waals surface area contributed by atoms with Crippen LogP contribution in [-0.2, 0) is 4.74 Å². The summed E-state index contributed by atoms with van der Waals surface area (Å²) in [5.74, 6) is -1.03. The van der Waals surface area contributed by atoms with E-state index in [0.717, 1.165) is 10.8 Å². The van der Waals surface area contributed by atoms with Crippen LogP contribution in [0, 0.1) is 5.92 Å². The molecule has 0 aliphatic heterocycles. The molecule has 0 unspecified atom stereocenters. The number of carbonyl (C=O) groups excluding carboxylic acids is 1. The Morgan fingerprint density at radius 3 is 2.44 bits per heavy atom. The molecule has 0 spiro atoms. The molecule has 0 amide bonds. The summed E-state index contributed by atoms with van der Waals surface area (Å²) >= 11 is 0. The minimum atomic E-state index is -4.11. The number of benzene rings is 2. The van der Waals surface area contributed by atoms with Gasteiger partial charge in [0.2, 0.25) is 0 Å². The van der Waals surface area contributed by atoms with Crippen molar-refractivity contribution in [1.82, 2.24) is 0 Å². The highest BCUT2D eigenvalue weighted by atomic mass is 19.4. The van der Waals surface area contributed by atoms with Gasteiger partial charge in [-0.2, -0.15) is 13.2 Å². The predicted molar refractivity (Wildman–Crippen MR) is 87.7 cm³/mol. The zero-order chi connectivity index (χ0) is 18.0. The van der Waals surface area contributed by atoms with E-state index in [1.807, 2.05) is 6.07 Å². The van der Waals surface area contributed by atoms with Gasteiger partial charge in [0.05, 0.1) is 24.7 Å². The van der Waals surface area contributed by atoms with Gasteiger partial charge in [0, 0.05) is 0 Å². The molecule has 134 valence electrons. The number of rotatable bonds is 3. The van der Waals surface area contributed by atoms with Crippen molar-refractivity contribution in [3.05, 3.63) is 42.0 Å². The summed E-state index contributed by atoms with van der Waals surface area (Å²) in [5.41, 5.74) is 0.470. The van der Waals surface area contributed by atoms with Crippen LogP contribution in [0.4, 0.5) is 13.2 Å². The minimum absolute atomic E-state index is 0.105. The third kappa shape index (κ3) is 3.89. The number of alkyl halides is 3. The minimum Gasteiger partial charge on any atom is -0.490 e. The van der Waals surface area contributed by atoms with E-state index in [1.165, 1.54) is 7.11 Å². The molecule has 3 rings (SSSR count). The third-order valence-corrected chi connectivity index (χ3v) is 4.70. The van der Waals surface area contributed by atoms with Crippen molar-refractivity contribution >= 4 is 16.7 Å². The van der Waals surface area contributed by atoms with E-state index in [1.54, 1.807) is 30.3 Å². The maximum atomic E-state index is 12.7. The number of carbonyl (C=O) groups is 1. The van der Waals surface area contributed by atoms with Crippen molar-refractivity contribution < 1.29 is 27.4 Å². The number of halogens is 3. The van der Waals surface area contributed by atoms with Crippen LogP contribution >= 0.6 is 0 Å². The van der Waals surface area contributed by atoms with Crippen LogP contribution in [0.2, 0.25) is 0 Å². The second-order valence-corrected chi connectivity index (χ2v) is 6.31. The monoisotopic (exact) mass is 352 g/mol. The summed E-state index contributed by atoms with van der Waals surface area (Å²) in [5, 5.41) is 1.58. The van der Waals surface area contributed by atoms with Crippen LogP contribution in [0.5, 0.6) is 5.75 Å². The Morgan fingerprint density at radius 2 is 1.80 bits per heavy atom. The van der Waals surface area contributed by atoms with Crippen LogP contribution in [0.3, 0.4) is 0 Å². The zero-order valence-corrected chi connectivity index (χ0v) is 13.8. The molecular weight excluding hydrogens is 333 g/mol. The molecule has 2 aromatic rings.